The maximum Gasteiger partial charge on any atom is 0.191 e. The Kier molecular flexibility index (Phi) is 11.6. The summed E-state index contributed by atoms with van der Waals surface area (Å²) in [4.78, 5) is 7.39. The number of guanidine groups is 1. The first kappa shape index (κ1) is 23.5. The van der Waals surface area contributed by atoms with Gasteiger partial charge in [-0.3, -0.25) is 4.99 Å². The molecule has 2 rings (SSSR count). The smallest absolute Gasteiger partial charge is 0.191 e. The molecule has 1 aromatic rings. The molecule has 1 aliphatic rings. The second kappa shape index (κ2) is 12.8. The molecule has 1 aromatic carbocycles. The van der Waals surface area contributed by atoms with Gasteiger partial charge in [0, 0.05) is 37.2 Å². The summed E-state index contributed by atoms with van der Waals surface area (Å²) < 4.78 is 0. The molecular formula is C20H34ClIN4. The minimum absolute atomic E-state index is 0. The van der Waals surface area contributed by atoms with Gasteiger partial charge >= 0.3 is 0 Å². The van der Waals surface area contributed by atoms with Gasteiger partial charge in [0.15, 0.2) is 5.96 Å². The van der Waals surface area contributed by atoms with Crippen molar-refractivity contribution in [3.05, 3.63) is 34.9 Å². The van der Waals surface area contributed by atoms with E-state index in [-0.39, 0.29) is 24.0 Å². The number of piperidine rings is 1. The quantitative estimate of drug-likeness (QED) is 0.341. The number of likely N-dealkylation sites (tertiary alicyclic amines) is 1. The van der Waals surface area contributed by atoms with Crippen molar-refractivity contribution in [2.75, 3.05) is 32.7 Å². The van der Waals surface area contributed by atoms with E-state index in [1.165, 1.54) is 31.5 Å². The summed E-state index contributed by atoms with van der Waals surface area (Å²) in [6.45, 7) is 11.7. The summed E-state index contributed by atoms with van der Waals surface area (Å²) in [6, 6.07) is 8.66. The molecule has 0 aromatic heterocycles. The normalized spacial score (nSPS) is 18.5. The number of benzene rings is 1. The van der Waals surface area contributed by atoms with E-state index in [1.807, 2.05) is 18.2 Å². The molecule has 26 heavy (non-hydrogen) atoms. The third kappa shape index (κ3) is 8.01. The second-order valence-electron chi connectivity index (χ2n) is 7.08. The van der Waals surface area contributed by atoms with Crippen LogP contribution in [0.3, 0.4) is 0 Å². The molecule has 1 saturated heterocycles. The Morgan fingerprint density at radius 2 is 2.08 bits per heavy atom. The van der Waals surface area contributed by atoms with E-state index < -0.39 is 0 Å². The first-order valence-corrected chi connectivity index (χ1v) is 9.97. The molecule has 148 valence electrons. The van der Waals surface area contributed by atoms with Crippen molar-refractivity contribution in [2.45, 2.75) is 46.1 Å². The first-order valence-electron chi connectivity index (χ1n) is 9.59. The average Bonchev–Trinajstić information content (AvgIpc) is 2.61. The van der Waals surface area contributed by atoms with Crippen LogP contribution in [-0.4, -0.2) is 49.6 Å². The Morgan fingerprint density at radius 1 is 1.31 bits per heavy atom. The lowest BCUT2D eigenvalue weighted by Gasteiger charge is -2.34. The maximum atomic E-state index is 6.22. The zero-order valence-corrected chi connectivity index (χ0v) is 19.4. The zero-order valence-electron chi connectivity index (χ0n) is 16.3. The summed E-state index contributed by atoms with van der Waals surface area (Å²) >= 11 is 6.22. The summed E-state index contributed by atoms with van der Waals surface area (Å²) in [5, 5.41) is 7.62. The van der Waals surface area contributed by atoms with Crippen molar-refractivity contribution in [1.82, 2.24) is 15.5 Å². The van der Waals surface area contributed by atoms with Gasteiger partial charge in [0.1, 0.15) is 0 Å². The number of halogens is 2. The zero-order chi connectivity index (χ0) is 18.1. The Morgan fingerprint density at radius 3 is 2.77 bits per heavy atom. The van der Waals surface area contributed by atoms with Gasteiger partial charge in [-0.25, -0.2) is 0 Å². The summed E-state index contributed by atoms with van der Waals surface area (Å²) in [7, 11) is 0. The Bertz CT molecular complexity index is 550. The lowest BCUT2D eigenvalue weighted by Crippen LogP contribution is -2.42. The Balaban J connectivity index is 0.00000338. The summed E-state index contributed by atoms with van der Waals surface area (Å²) in [5.74, 6) is 1.58. The molecule has 6 heteroatoms. The topological polar surface area (TPSA) is 39.7 Å². The van der Waals surface area contributed by atoms with Crippen LogP contribution < -0.4 is 10.6 Å². The molecule has 1 fully saturated rings. The van der Waals surface area contributed by atoms with Crippen LogP contribution >= 0.6 is 35.6 Å². The highest BCUT2D eigenvalue weighted by Crippen LogP contribution is 2.18. The van der Waals surface area contributed by atoms with Crippen molar-refractivity contribution in [2.24, 2.45) is 10.9 Å². The maximum absolute atomic E-state index is 6.22. The average molecular weight is 493 g/mol. The van der Waals surface area contributed by atoms with E-state index >= 15 is 0 Å². The molecule has 1 unspecified atom stereocenters. The predicted octanol–water partition coefficient (Wildman–Crippen LogP) is 4.18. The van der Waals surface area contributed by atoms with Gasteiger partial charge in [-0.15, -0.1) is 24.0 Å². The van der Waals surface area contributed by atoms with Gasteiger partial charge in [0.2, 0.25) is 0 Å². The fourth-order valence-corrected chi connectivity index (χ4v) is 3.52. The minimum Gasteiger partial charge on any atom is -0.357 e. The molecule has 1 heterocycles. The lowest BCUT2D eigenvalue weighted by atomic mass is 9.97. The monoisotopic (exact) mass is 492 g/mol. The fraction of sp³-hybridized carbons (Fsp3) is 0.650. The number of nitrogens with one attached hydrogen (secondary N) is 2. The van der Waals surface area contributed by atoms with Crippen LogP contribution in [0.2, 0.25) is 5.02 Å². The highest BCUT2D eigenvalue weighted by atomic mass is 127. The van der Waals surface area contributed by atoms with Crippen molar-refractivity contribution in [1.29, 1.82) is 0 Å². The van der Waals surface area contributed by atoms with Crippen LogP contribution in [0.25, 0.3) is 0 Å². The van der Waals surface area contributed by atoms with Crippen LogP contribution in [0.15, 0.2) is 29.3 Å². The lowest BCUT2D eigenvalue weighted by molar-refractivity contribution is 0.143. The molecule has 0 amide bonds. The molecule has 0 spiro atoms. The van der Waals surface area contributed by atoms with Gasteiger partial charge in [-0.1, -0.05) is 29.8 Å². The molecule has 1 aliphatic heterocycles. The summed E-state index contributed by atoms with van der Waals surface area (Å²) in [6.07, 6.45) is 3.47. The van der Waals surface area contributed by atoms with Gasteiger partial charge in [-0.2, -0.15) is 0 Å². The summed E-state index contributed by atoms with van der Waals surface area (Å²) in [5.41, 5.74) is 1.17. The highest BCUT2D eigenvalue weighted by Gasteiger charge is 2.21. The molecular weight excluding hydrogens is 459 g/mol. The minimum atomic E-state index is 0. The van der Waals surface area contributed by atoms with Crippen molar-refractivity contribution >= 4 is 41.5 Å². The number of hydrogen-bond acceptors (Lipinski definition) is 2. The molecule has 4 nitrogen and oxygen atoms in total. The van der Waals surface area contributed by atoms with Gasteiger partial charge in [0.25, 0.3) is 0 Å². The second-order valence-corrected chi connectivity index (χ2v) is 7.49. The van der Waals surface area contributed by atoms with E-state index in [0.29, 0.717) is 12.0 Å². The van der Waals surface area contributed by atoms with E-state index in [1.54, 1.807) is 0 Å². The van der Waals surface area contributed by atoms with Crippen molar-refractivity contribution in [3.63, 3.8) is 0 Å². The van der Waals surface area contributed by atoms with Gasteiger partial charge in [-0.05, 0) is 64.1 Å². The molecule has 0 aliphatic carbocycles. The van der Waals surface area contributed by atoms with E-state index in [9.17, 15) is 0 Å². The standard InChI is InChI=1S/C20H33ClN4.HI/c1-4-22-20(23-12-11-18-9-5-6-10-19(18)21)24-14-17-8-7-13-25(15-17)16(2)3;/h5-6,9-10,16-17H,4,7-8,11-15H2,1-3H3,(H2,22,23,24);1H. The number of hydrogen-bond donors (Lipinski definition) is 2. The number of aliphatic imine (C=N–C) groups is 1. The van der Waals surface area contributed by atoms with E-state index in [4.69, 9.17) is 16.6 Å². The van der Waals surface area contributed by atoms with Crippen molar-refractivity contribution < 1.29 is 0 Å². The van der Waals surface area contributed by atoms with Gasteiger partial charge in [0.05, 0.1) is 0 Å². The Labute approximate surface area is 181 Å². The highest BCUT2D eigenvalue weighted by molar-refractivity contribution is 14.0. The van der Waals surface area contributed by atoms with Crippen molar-refractivity contribution in [3.8, 4) is 0 Å². The fourth-order valence-electron chi connectivity index (χ4n) is 3.29. The Hall–Kier alpha value is -0.530. The molecule has 1 atom stereocenters. The SMILES string of the molecule is CCNC(=NCC1CCCN(C(C)C)C1)NCCc1ccccc1Cl.I. The first-order chi connectivity index (χ1) is 12.1. The van der Waals surface area contributed by atoms with Crippen LogP contribution in [0.5, 0.6) is 0 Å². The number of rotatable bonds is 7. The van der Waals surface area contributed by atoms with Crippen LogP contribution in [0.4, 0.5) is 0 Å². The van der Waals surface area contributed by atoms with Gasteiger partial charge < -0.3 is 15.5 Å². The number of nitrogens with zero attached hydrogens (tertiary/aromatic N) is 2. The van der Waals surface area contributed by atoms with Crippen LogP contribution in [-0.2, 0) is 6.42 Å². The third-order valence-electron chi connectivity index (χ3n) is 4.78. The largest absolute Gasteiger partial charge is 0.357 e. The predicted molar refractivity (Wildman–Crippen MR) is 124 cm³/mol. The third-order valence-corrected chi connectivity index (χ3v) is 5.15. The molecule has 0 saturated carbocycles. The molecule has 0 bridgehead atoms. The molecule has 0 radical (unpaired) electrons. The van der Waals surface area contributed by atoms with Crippen LogP contribution in [0, 0.1) is 5.92 Å². The van der Waals surface area contributed by atoms with E-state index in [2.05, 4.69) is 42.4 Å². The molecule has 2 N–H and O–H groups in total. The van der Waals surface area contributed by atoms with E-state index in [0.717, 1.165) is 37.0 Å². The van der Waals surface area contributed by atoms with Crippen LogP contribution in [0.1, 0.15) is 39.2 Å².